The lowest BCUT2D eigenvalue weighted by Gasteiger charge is -2.43. The monoisotopic (exact) mass is 443 g/mol. The van der Waals surface area contributed by atoms with E-state index in [4.69, 9.17) is 28.9 Å². The van der Waals surface area contributed by atoms with Gasteiger partial charge in [0, 0.05) is 28.3 Å². The van der Waals surface area contributed by atoms with Crippen LogP contribution >= 0.6 is 34.5 Å². The molecule has 2 aromatic rings. The first-order valence-corrected chi connectivity index (χ1v) is 10.8. The number of allylic oxidation sites excluding steroid dienone is 3. The van der Waals surface area contributed by atoms with Crippen molar-refractivity contribution in [1.29, 1.82) is 5.26 Å². The van der Waals surface area contributed by atoms with Gasteiger partial charge in [-0.3, -0.25) is 9.69 Å². The van der Waals surface area contributed by atoms with E-state index in [9.17, 15) is 10.1 Å². The highest BCUT2D eigenvalue weighted by atomic mass is 35.5. The summed E-state index contributed by atoms with van der Waals surface area (Å²) in [5.41, 5.74) is 8.90. The zero-order chi connectivity index (χ0) is 20.9. The van der Waals surface area contributed by atoms with Crippen LogP contribution in [0.2, 0.25) is 10.0 Å². The number of ketones is 1. The Balaban J connectivity index is 2.00. The molecule has 4 rings (SSSR count). The molecule has 0 saturated carbocycles. The highest BCUT2D eigenvalue weighted by Gasteiger charge is 2.45. The highest BCUT2D eigenvalue weighted by Crippen LogP contribution is 2.51. The summed E-state index contributed by atoms with van der Waals surface area (Å²) in [6.07, 6.45) is 1.09. The molecule has 1 atom stereocenters. The SMILES string of the molecule is CC1(C)CC(=O)C2=C(C1)N(c1ccc(Cl)c(Cl)c1)C(N)=C(C#N)[C@@H]2c1cccs1. The average Bonchev–Trinajstić information content (AvgIpc) is 3.16. The Bertz CT molecular complexity index is 1110. The smallest absolute Gasteiger partial charge is 0.162 e. The first kappa shape index (κ1) is 20.0. The van der Waals surface area contributed by atoms with Crippen molar-refractivity contribution in [3.8, 4) is 6.07 Å². The van der Waals surface area contributed by atoms with E-state index in [1.165, 1.54) is 11.3 Å². The maximum Gasteiger partial charge on any atom is 0.162 e. The molecule has 0 saturated heterocycles. The lowest BCUT2D eigenvalue weighted by Crippen LogP contribution is -2.42. The number of carbonyl (C=O) groups is 1. The summed E-state index contributed by atoms with van der Waals surface area (Å²) < 4.78 is 0. The zero-order valence-electron chi connectivity index (χ0n) is 16.0. The van der Waals surface area contributed by atoms with Gasteiger partial charge in [0.2, 0.25) is 0 Å². The Hall–Kier alpha value is -2.26. The van der Waals surface area contributed by atoms with Gasteiger partial charge in [0.15, 0.2) is 5.78 Å². The normalized spacial score (nSPS) is 21.3. The average molecular weight is 444 g/mol. The van der Waals surface area contributed by atoms with E-state index < -0.39 is 5.92 Å². The molecule has 0 radical (unpaired) electrons. The molecule has 2 N–H and O–H groups in total. The van der Waals surface area contributed by atoms with Crippen LogP contribution in [-0.4, -0.2) is 5.78 Å². The standard InChI is InChI=1S/C22H19Cl2N3OS/c1-22(2)9-16-20(17(28)10-22)19(18-4-3-7-29-18)13(11-25)21(26)27(16)12-5-6-14(23)15(24)8-12/h3-8,19H,9-10,26H2,1-2H3/t19-/m1/s1. The van der Waals surface area contributed by atoms with Crippen molar-refractivity contribution < 1.29 is 4.79 Å². The molecule has 7 heteroatoms. The van der Waals surface area contributed by atoms with Gasteiger partial charge in [0.1, 0.15) is 5.82 Å². The molecule has 2 heterocycles. The van der Waals surface area contributed by atoms with E-state index in [1.54, 1.807) is 23.1 Å². The van der Waals surface area contributed by atoms with Crippen LogP contribution in [0.25, 0.3) is 0 Å². The number of benzene rings is 1. The van der Waals surface area contributed by atoms with Crippen LogP contribution in [0.15, 0.2) is 58.4 Å². The van der Waals surface area contributed by atoms with Gasteiger partial charge in [-0.15, -0.1) is 11.3 Å². The molecule has 1 aliphatic carbocycles. The molecule has 0 unspecified atom stereocenters. The molecule has 4 nitrogen and oxygen atoms in total. The van der Waals surface area contributed by atoms with Gasteiger partial charge < -0.3 is 5.73 Å². The van der Waals surface area contributed by atoms with Crippen molar-refractivity contribution in [3.05, 3.63) is 73.3 Å². The minimum absolute atomic E-state index is 0.0555. The van der Waals surface area contributed by atoms with Gasteiger partial charge in [0.05, 0.1) is 27.6 Å². The molecule has 0 bridgehead atoms. The predicted octanol–water partition coefficient (Wildman–Crippen LogP) is 6.00. The minimum Gasteiger partial charge on any atom is -0.384 e. The second kappa shape index (κ2) is 7.21. The Morgan fingerprint density at radius 3 is 2.62 bits per heavy atom. The number of halogens is 2. The number of rotatable bonds is 2. The lowest BCUT2D eigenvalue weighted by molar-refractivity contribution is -0.118. The molecular formula is C22H19Cl2N3OS. The van der Waals surface area contributed by atoms with E-state index in [1.807, 2.05) is 17.5 Å². The van der Waals surface area contributed by atoms with Crippen molar-refractivity contribution >= 4 is 46.0 Å². The van der Waals surface area contributed by atoms with Crippen molar-refractivity contribution in [1.82, 2.24) is 0 Å². The molecule has 1 aromatic heterocycles. The number of carbonyl (C=O) groups excluding carboxylic acids is 1. The second-order valence-electron chi connectivity index (χ2n) is 8.09. The topological polar surface area (TPSA) is 70.1 Å². The Kier molecular flexibility index (Phi) is 4.98. The van der Waals surface area contributed by atoms with Crippen molar-refractivity contribution in [2.24, 2.45) is 11.1 Å². The van der Waals surface area contributed by atoms with Gasteiger partial charge in [-0.1, -0.05) is 43.1 Å². The summed E-state index contributed by atoms with van der Waals surface area (Å²) in [6.45, 7) is 4.14. The molecule has 0 fully saturated rings. The largest absolute Gasteiger partial charge is 0.384 e. The van der Waals surface area contributed by atoms with E-state index in [0.29, 0.717) is 45.5 Å². The van der Waals surface area contributed by atoms with Crippen molar-refractivity contribution in [2.75, 3.05) is 4.90 Å². The molecule has 148 valence electrons. The lowest BCUT2D eigenvalue weighted by atomic mass is 9.69. The molecule has 1 aromatic carbocycles. The Labute approximate surface area is 183 Å². The third-order valence-corrected chi connectivity index (χ3v) is 7.05. The third kappa shape index (κ3) is 3.36. The number of nitrogens with zero attached hydrogens (tertiary/aromatic N) is 2. The maximum atomic E-state index is 13.3. The number of Topliss-reactive ketones (excluding diaryl/α,β-unsaturated/α-hetero) is 1. The number of hydrogen-bond acceptors (Lipinski definition) is 5. The molecular weight excluding hydrogens is 425 g/mol. The van der Waals surface area contributed by atoms with Gasteiger partial charge in [-0.05, 0) is 41.5 Å². The predicted molar refractivity (Wildman–Crippen MR) is 118 cm³/mol. The molecule has 2 aliphatic rings. The van der Waals surface area contributed by atoms with E-state index in [0.717, 1.165) is 10.6 Å². The van der Waals surface area contributed by atoms with Crippen LogP contribution in [0.4, 0.5) is 5.69 Å². The number of hydrogen-bond donors (Lipinski definition) is 1. The first-order chi connectivity index (χ1) is 13.7. The fraction of sp³-hybridized carbons (Fsp3) is 0.273. The minimum atomic E-state index is -0.433. The Morgan fingerprint density at radius 2 is 2.00 bits per heavy atom. The first-order valence-electron chi connectivity index (χ1n) is 9.18. The quantitative estimate of drug-likeness (QED) is 0.617. The summed E-state index contributed by atoms with van der Waals surface area (Å²) in [5, 5.41) is 12.8. The van der Waals surface area contributed by atoms with Crippen LogP contribution in [-0.2, 0) is 4.79 Å². The highest BCUT2D eigenvalue weighted by molar-refractivity contribution is 7.10. The van der Waals surface area contributed by atoms with Gasteiger partial charge in [-0.2, -0.15) is 5.26 Å². The van der Waals surface area contributed by atoms with Crippen molar-refractivity contribution in [2.45, 2.75) is 32.6 Å². The molecule has 1 aliphatic heterocycles. The summed E-state index contributed by atoms with van der Waals surface area (Å²) >= 11 is 13.9. The van der Waals surface area contributed by atoms with Gasteiger partial charge in [-0.25, -0.2) is 0 Å². The van der Waals surface area contributed by atoms with Gasteiger partial charge in [0.25, 0.3) is 0 Å². The number of nitriles is 1. The molecule has 0 amide bonds. The maximum absolute atomic E-state index is 13.3. The number of nitrogens with two attached hydrogens (primary N) is 1. The fourth-order valence-corrected chi connectivity index (χ4v) is 5.30. The Morgan fingerprint density at radius 1 is 1.24 bits per heavy atom. The zero-order valence-corrected chi connectivity index (χ0v) is 18.3. The number of anilines is 1. The third-order valence-electron chi connectivity index (χ3n) is 5.37. The van der Waals surface area contributed by atoms with Crippen LogP contribution in [0.5, 0.6) is 0 Å². The summed E-state index contributed by atoms with van der Waals surface area (Å²) in [7, 11) is 0. The van der Waals surface area contributed by atoms with Crippen LogP contribution in [0.1, 0.15) is 37.5 Å². The van der Waals surface area contributed by atoms with Crippen LogP contribution in [0.3, 0.4) is 0 Å². The van der Waals surface area contributed by atoms with E-state index in [-0.39, 0.29) is 11.2 Å². The molecule has 0 spiro atoms. The van der Waals surface area contributed by atoms with E-state index >= 15 is 0 Å². The summed E-state index contributed by atoms with van der Waals surface area (Å²) in [5.74, 6) is -0.0499. The van der Waals surface area contributed by atoms with Crippen LogP contribution < -0.4 is 10.6 Å². The van der Waals surface area contributed by atoms with Crippen molar-refractivity contribution in [3.63, 3.8) is 0 Å². The summed E-state index contributed by atoms with van der Waals surface area (Å²) in [4.78, 5) is 16.1. The fourth-order valence-electron chi connectivity index (χ4n) is 4.17. The second-order valence-corrected chi connectivity index (χ2v) is 9.89. The van der Waals surface area contributed by atoms with Crippen LogP contribution in [0, 0.1) is 16.7 Å². The van der Waals surface area contributed by atoms with E-state index in [2.05, 4.69) is 19.9 Å². The van der Waals surface area contributed by atoms with Gasteiger partial charge >= 0.3 is 0 Å². The molecule has 29 heavy (non-hydrogen) atoms. The number of thiophene rings is 1. The summed E-state index contributed by atoms with van der Waals surface area (Å²) in [6, 6.07) is 11.4.